The molecule has 5 nitrogen and oxygen atoms in total. The number of aromatic nitrogens is 2. The zero-order valence-corrected chi connectivity index (χ0v) is 14.2. The van der Waals surface area contributed by atoms with E-state index in [0.717, 1.165) is 18.4 Å². The molecule has 2 rings (SSSR count). The lowest BCUT2D eigenvalue weighted by Crippen LogP contribution is -2.24. The third-order valence-corrected chi connectivity index (χ3v) is 3.57. The Labute approximate surface area is 145 Å². The van der Waals surface area contributed by atoms with E-state index in [9.17, 15) is 4.79 Å². The molecule has 2 aromatic rings. The van der Waals surface area contributed by atoms with Crippen LogP contribution >= 0.6 is 23.2 Å². The Hall–Kier alpha value is -1.85. The summed E-state index contributed by atoms with van der Waals surface area (Å²) in [7, 11) is 0. The van der Waals surface area contributed by atoms with E-state index < -0.39 is 5.91 Å². The summed E-state index contributed by atoms with van der Waals surface area (Å²) in [5.74, 6) is 0.118. The van der Waals surface area contributed by atoms with Gasteiger partial charge < -0.3 is 10.1 Å². The maximum absolute atomic E-state index is 12.2. The Balaban J connectivity index is 2.03. The third-order valence-electron chi connectivity index (χ3n) is 3.05. The van der Waals surface area contributed by atoms with Crippen LogP contribution in [0.2, 0.25) is 10.2 Å². The molecular formula is C16H17Cl2N3O2. The number of carbonyl (C=O) groups is 1. The molecule has 0 aliphatic carbocycles. The maximum atomic E-state index is 12.2. The fraction of sp³-hybridized carbons (Fsp3) is 0.312. The Bertz CT molecular complexity index is 680. The van der Waals surface area contributed by atoms with E-state index in [2.05, 4.69) is 22.2 Å². The lowest BCUT2D eigenvalue weighted by Gasteiger charge is -2.11. The van der Waals surface area contributed by atoms with Crippen molar-refractivity contribution in [3.05, 3.63) is 51.9 Å². The van der Waals surface area contributed by atoms with Crippen molar-refractivity contribution >= 4 is 29.1 Å². The van der Waals surface area contributed by atoms with E-state index in [0.29, 0.717) is 12.5 Å². The number of halogens is 2. The topological polar surface area (TPSA) is 64.1 Å². The molecule has 23 heavy (non-hydrogen) atoms. The fourth-order valence-corrected chi connectivity index (χ4v) is 2.18. The van der Waals surface area contributed by atoms with Crippen LogP contribution in [0.15, 0.2) is 30.5 Å². The molecule has 1 N–H and O–H groups in total. The highest BCUT2D eigenvalue weighted by Gasteiger charge is 2.14. The molecule has 1 amide bonds. The normalized spacial score (nSPS) is 10.4. The first-order chi connectivity index (χ1) is 11.1. The molecule has 0 saturated heterocycles. The Morgan fingerprint density at radius 2 is 2.13 bits per heavy atom. The second kappa shape index (κ2) is 8.70. The van der Waals surface area contributed by atoms with Gasteiger partial charge in [-0.3, -0.25) is 4.79 Å². The third kappa shape index (κ3) is 5.08. The predicted molar refractivity (Wildman–Crippen MR) is 90.1 cm³/mol. The summed E-state index contributed by atoms with van der Waals surface area (Å²) in [4.78, 5) is 20.3. The Kier molecular flexibility index (Phi) is 6.62. The van der Waals surface area contributed by atoms with Crippen LogP contribution in [-0.2, 0) is 6.54 Å². The van der Waals surface area contributed by atoms with Gasteiger partial charge in [0.25, 0.3) is 5.91 Å². The number of unbranched alkanes of at least 4 members (excludes halogenated alkanes) is 1. The van der Waals surface area contributed by atoms with Crippen molar-refractivity contribution in [3.63, 3.8) is 0 Å². The first-order valence-corrected chi connectivity index (χ1v) is 8.04. The highest BCUT2D eigenvalue weighted by Crippen LogP contribution is 2.18. The van der Waals surface area contributed by atoms with Crippen LogP contribution in [0.3, 0.4) is 0 Å². The number of rotatable bonds is 7. The summed E-state index contributed by atoms with van der Waals surface area (Å²) >= 11 is 11.8. The highest BCUT2D eigenvalue weighted by molar-refractivity contribution is 6.34. The lowest BCUT2D eigenvalue weighted by molar-refractivity contribution is 0.0945. The van der Waals surface area contributed by atoms with Crippen LogP contribution < -0.4 is 10.1 Å². The first kappa shape index (κ1) is 17.5. The van der Waals surface area contributed by atoms with Gasteiger partial charge in [0, 0.05) is 18.3 Å². The molecule has 2 heterocycles. The molecule has 0 atom stereocenters. The van der Waals surface area contributed by atoms with E-state index in [1.54, 1.807) is 12.3 Å². The maximum Gasteiger partial charge on any atom is 0.271 e. The van der Waals surface area contributed by atoms with Crippen LogP contribution in [-0.4, -0.2) is 22.5 Å². The quantitative estimate of drug-likeness (QED) is 0.605. The summed E-state index contributed by atoms with van der Waals surface area (Å²) in [6, 6.07) is 6.71. The van der Waals surface area contributed by atoms with Gasteiger partial charge in [0.1, 0.15) is 10.8 Å². The van der Waals surface area contributed by atoms with Crippen molar-refractivity contribution in [2.24, 2.45) is 0 Å². The number of hydrogen-bond donors (Lipinski definition) is 1. The molecular weight excluding hydrogens is 337 g/mol. The summed E-state index contributed by atoms with van der Waals surface area (Å²) in [6.07, 6.45) is 3.64. The molecule has 2 aromatic heterocycles. The Morgan fingerprint density at radius 3 is 2.91 bits per heavy atom. The van der Waals surface area contributed by atoms with Crippen molar-refractivity contribution in [1.82, 2.24) is 15.3 Å². The van der Waals surface area contributed by atoms with Crippen molar-refractivity contribution in [2.75, 3.05) is 6.61 Å². The summed E-state index contributed by atoms with van der Waals surface area (Å²) in [5.41, 5.74) is 0.881. The van der Waals surface area contributed by atoms with Gasteiger partial charge in [0.15, 0.2) is 0 Å². The number of carbonyl (C=O) groups excluding carboxylic acids is 1. The molecule has 0 bridgehead atoms. The van der Waals surface area contributed by atoms with Gasteiger partial charge in [-0.1, -0.05) is 42.6 Å². The standard InChI is InChI=1S/C16H17Cl2N3O2/c1-2-3-9-23-16-11(5-4-8-19-16)10-20-15(22)14-12(17)6-7-13(18)21-14/h4-8H,2-3,9-10H2,1H3,(H,20,22). The van der Waals surface area contributed by atoms with Crippen LogP contribution in [0.25, 0.3) is 0 Å². The van der Waals surface area contributed by atoms with Crippen molar-refractivity contribution in [2.45, 2.75) is 26.3 Å². The largest absolute Gasteiger partial charge is 0.477 e. The minimum absolute atomic E-state index is 0.0940. The predicted octanol–water partition coefficient (Wildman–Crippen LogP) is 3.89. The summed E-state index contributed by atoms with van der Waals surface area (Å²) in [6.45, 7) is 2.94. The summed E-state index contributed by atoms with van der Waals surface area (Å²) < 4.78 is 5.63. The second-order valence-electron chi connectivity index (χ2n) is 4.82. The molecule has 0 aliphatic heterocycles. The van der Waals surface area contributed by atoms with Crippen LogP contribution in [0.5, 0.6) is 5.88 Å². The molecule has 0 spiro atoms. The fourth-order valence-electron chi connectivity index (χ4n) is 1.84. The molecule has 0 radical (unpaired) electrons. The highest BCUT2D eigenvalue weighted by atomic mass is 35.5. The minimum atomic E-state index is -0.402. The molecule has 122 valence electrons. The lowest BCUT2D eigenvalue weighted by atomic mass is 10.2. The average Bonchev–Trinajstić information content (AvgIpc) is 2.56. The van der Waals surface area contributed by atoms with Crippen LogP contribution in [0.4, 0.5) is 0 Å². The van der Waals surface area contributed by atoms with E-state index in [1.165, 1.54) is 12.1 Å². The molecule has 0 fully saturated rings. The van der Waals surface area contributed by atoms with Gasteiger partial charge >= 0.3 is 0 Å². The van der Waals surface area contributed by atoms with E-state index in [4.69, 9.17) is 27.9 Å². The smallest absolute Gasteiger partial charge is 0.271 e. The number of nitrogens with zero attached hydrogens (tertiary/aromatic N) is 2. The number of nitrogens with one attached hydrogen (secondary N) is 1. The molecule has 0 unspecified atom stereocenters. The molecule has 7 heteroatoms. The van der Waals surface area contributed by atoms with Crippen molar-refractivity contribution in [3.8, 4) is 5.88 Å². The zero-order chi connectivity index (χ0) is 16.7. The molecule has 0 saturated carbocycles. The monoisotopic (exact) mass is 353 g/mol. The van der Waals surface area contributed by atoms with Crippen molar-refractivity contribution in [1.29, 1.82) is 0 Å². The SMILES string of the molecule is CCCCOc1ncccc1CNC(=O)c1nc(Cl)ccc1Cl. The van der Waals surface area contributed by atoms with Gasteiger partial charge in [0.2, 0.25) is 5.88 Å². The second-order valence-corrected chi connectivity index (χ2v) is 5.61. The summed E-state index contributed by atoms with van der Waals surface area (Å²) in [5, 5.41) is 3.21. The average molecular weight is 354 g/mol. The molecule has 0 aliphatic rings. The Morgan fingerprint density at radius 1 is 1.30 bits per heavy atom. The van der Waals surface area contributed by atoms with Crippen molar-refractivity contribution < 1.29 is 9.53 Å². The minimum Gasteiger partial charge on any atom is -0.477 e. The van der Waals surface area contributed by atoms with Gasteiger partial charge in [-0.15, -0.1) is 0 Å². The van der Waals surface area contributed by atoms with Gasteiger partial charge in [-0.2, -0.15) is 0 Å². The number of ether oxygens (including phenoxy) is 1. The number of pyridine rings is 2. The van der Waals surface area contributed by atoms with Crippen LogP contribution in [0, 0.1) is 0 Å². The van der Waals surface area contributed by atoms with Gasteiger partial charge in [-0.25, -0.2) is 9.97 Å². The number of hydrogen-bond acceptors (Lipinski definition) is 4. The van der Waals surface area contributed by atoms with E-state index in [-0.39, 0.29) is 22.4 Å². The van der Waals surface area contributed by atoms with E-state index in [1.807, 2.05) is 6.07 Å². The number of amides is 1. The molecule has 0 aromatic carbocycles. The first-order valence-electron chi connectivity index (χ1n) is 7.28. The van der Waals surface area contributed by atoms with Gasteiger partial charge in [-0.05, 0) is 24.6 Å². The van der Waals surface area contributed by atoms with Crippen LogP contribution in [0.1, 0.15) is 35.8 Å². The van der Waals surface area contributed by atoms with Gasteiger partial charge in [0.05, 0.1) is 11.6 Å². The van der Waals surface area contributed by atoms with E-state index >= 15 is 0 Å². The zero-order valence-electron chi connectivity index (χ0n) is 12.7.